The maximum atomic E-state index is 6.51. The number of rotatable bonds is 6. The smallest absolute Gasteiger partial charge is 1.00 e. The Labute approximate surface area is 309 Å². The number of hydrogen-bond acceptors (Lipinski definition) is 5. The van der Waals surface area contributed by atoms with Crippen molar-refractivity contribution in [3.05, 3.63) is 173 Å². The molecule has 2 aliphatic heterocycles. The molecule has 0 saturated heterocycles. The van der Waals surface area contributed by atoms with Crippen molar-refractivity contribution in [1.29, 1.82) is 0 Å². The maximum Gasteiger partial charge on any atom is 3.00 e. The zero-order valence-electron chi connectivity index (χ0n) is 23.4. The second kappa shape index (κ2) is 16.5. The van der Waals surface area contributed by atoms with Gasteiger partial charge in [-0.25, -0.2) is 15.0 Å². The van der Waals surface area contributed by atoms with E-state index in [0.29, 0.717) is 23.2 Å². The Hall–Kier alpha value is -2.81. The standard InChI is InChI=1S/C35H27N3O2.3ClH.Nd/c1-5-14-24(15-6-1)30-32(26-18-9-3-10-19-26)39-34(37-30)28-22-13-23-29(36-28)35-38-31(25-16-7-2-8-17-25)33(40-35)27-20-11-4-12-21-27;;;;/h1-23,30-33H;3*1H;/q;;;;+3/p-3. The number of nitrogens with zero attached hydrogens (tertiary/aromatic N) is 3. The summed E-state index contributed by atoms with van der Waals surface area (Å²) in [5.74, 6) is 1.03. The minimum absolute atomic E-state index is 0. The van der Waals surface area contributed by atoms with E-state index in [0.717, 1.165) is 22.3 Å². The van der Waals surface area contributed by atoms with Gasteiger partial charge in [-0.1, -0.05) is 127 Å². The van der Waals surface area contributed by atoms with Crippen LogP contribution in [0.3, 0.4) is 0 Å². The van der Waals surface area contributed by atoms with Gasteiger partial charge in [0.15, 0.2) is 12.2 Å². The largest absolute Gasteiger partial charge is 3.00 e. The van der Waals surface area contributed by atoms with Gasteiger partial charge >= 0.3 is 40.8 Å². The van der Waals surface area contributed by atoms with Gasteiger partial charge in [0, 0.05) is 0 Å². The second-order valence-electron chi connectivity index (χ2n) is 9.89. The van der Waals surface area contributed by atoms with Gasteiger partial charge in [-0.2, -0.15) is 0 Å². The summed E-state index contributed by atoms with van der Waals surface area (Å²) in [5, 5.41) is 0. The van der Waals surface area contributed by atoms with E-state index in [9.17, 15) is 0 Å². The second-order valence-corrected chi connectivity index (χ2v) is 9.89. The molecule has 44 heavy (non-hydrogen) atoms. The van der Waals surface area contributed by atoms with Gasteiger partial charge in [-0.05, 0) is 34.4 Å². The molecule has 3 heterocycles. The molecule has 4 unspecified atom stereocenters. The first-order valence-corrected chi connectivity index (χ1v) is 13.5. The molecule has 0 amide bonds. The van der Waals surface area contributed by atoms with Crippen LogP contribution >= 0.6 is 0 Å². The molecule has 5 aromatic rings. The average molecular weight is 772 g/mol. The number of pyridine rings is 1. The first kappa shape index (κ1) is 35.7. The zero-order valence-corrected chi connectivity index (χ0v) is 28.9. The number of benzene rings is 4. The zero-order chi connectivity index (χ0) is 26.7. The Morgan fingerprint density at radius 3 is 1.05 bits per heavy atom. The number of hydrogen-bond donors (Lipinski definition) is 0. The van der Waals surface area contributed by atoms with Crippen molar-refractivity contribution in [2.24, 2.45) is 9.98 Å². The maximum absolute atomic E-state index is 6.51. The fourth-order valence-corrected chi connectivity index (χ4v) is 5.33. The van der Waals surface area contributed by atoms with Crippen LogP contribution in [-0.4, -0.2) is 16.8 Å². The van der Waals surface area contributed by atoms with Crippen LogP contribution in [0.5, 0.6) is 0 Å². The third-order valence-electron chi connectivity index (χ3n) is 7.29. The molecular weight excluding hydrogens is 745 g/mol. The van der Waals surface area contributed by atoms with Crippen LogP contribution < -0.4 is 37.2 Å². The molecule has 0 N–H and O–H groups in total. The summed E-state index contributed by atoms with van der Waals surface area (Å²) in [6.07, 6.45) is -0.483. The molecule has 0 aliphatic carbocycles. The normalized spacial score (nSPS) is 19.7. The Morgan fingerprint density at radius 1 is 0.386 bits per heavy atom. The Kier molecular flexibility index (Phi) is 13.4. The first-order valence-electron chi connectivity index (χ1n) is 13.5. The van der Waals surface area contributed by atoms with Gasteiger partial charge in [0.2, 0.25) is 11.8 Å². The molecule has 4 aromatic carbocycles. The fourth-order valence-electron chi connectivity index (χ4n) is 5.33. The van der Waals surface area contributed by atoms with Crippen molar-refractivity contribution in [2.75, 3.05) is 0 Å². The van der Waals surface area contributed by atoms with Crippen molar-refractivity contribution in [2.45, 2.75) is 24.3 Å². The summed E-state index contributed by atoms with van der Waals surface area (Å²) >= 11 is 0. The molecule has 219 valence electrons. The number of aromatic nitrogens is 1. The number of halogens is 3. The van der Waals surface area contributed by atoms with Crippen LogP contribution in [0.4, 0.5) is 0 Å². The van der Waals surface area contributed by atoms with Crippen LogP contribution in [0, 0.1) is 40.8 Å². The van der Waals surface area contributed by atoms with E-state index in [1.54, 1.807) is 0 Å². The van der Waals surface area contributed by atoms with Crippen LogP contribution in [0.1, 0.15) is 57.9 Å². The minimum atomic E-state index is -0.242. The third kappa shape index (κ3) is 7.52. The van der Waals surface area contributed by atoms with Crippen LogP contribution in [0.2, 0.25) is 0 Å². The monoisotopic (exact) mass is 768 g/mol. The quantitative estimate of drug-likeness (QED) is 0.214. The van der Waals surface area contributed by atoms with E-state index in [1.165, 1.54) is 0 Å². The molecule has 0 saturated carbocycles. The molecule has 0 fully saturated rings. The summed E-state index contributed by atoms with van der Waals surface area (Å²) in [7, 11) is 0. The summed E-state index contributed by atoms with van der Waals surface area (Å²) in [4.78, 5) is 15.0. The molecule has 1 radical (unpaired) electrons. The SMILES string of the molecule is [Cl-].[Cl-].[Cl-].[Nd+3].c1ccc(C2N=C(c3cccc(C4=NC(c5ccccc5)C(c5ccccc5)O4)n3)OC2c2ccccc2)cc1. The van der Waals surface area contributed by atoms with Gasteiger partial charge in [0.1, 0.15) is 23.5 Å². The number of aliphatic imine (C=N–C) groups is 2. The topological polar surface area (TPSA) is 56.1 Å². The molecule has 0 spiro atoms. The Balaban J connectivity index is 0.00000132. The summed E-state index contributed by atoms with van der Waals surface area (Å²) < 4.78 is 13.0. The van der Waals surface area contributed by atoms with E-state index in [2.05, 4.69) is 48.5 Å². The van der Waals surface area contributed by atoms with Crippen LogP contribution in [0.25, 0.3) is 0 Å². The molecular formula is C35H27Cl3N3NdO2. The molecule has 1 aromatic heterocycles. The van der Waals surface area contributed by atoms with E-state index < -0.39 is 0 Å². The molecule has 5 nitrogen and oxygen atoms in total. The predicted molar refractivity (Wildman–Crippen MR) is 156 cm³/mol. The molecule has 2 aliphatic rings. The van der Waals surface area contributed by atoms with Gasteiger partial charge in [-0.15, -0.1) is 0 Å². The first-order chi connectivity index (χ1) is 19.8. The predicted octanol–water partition coefficient (Wildman–Crippen LogP) is -1.39. The van der Waals surface area contributed by atoms with Gasteiger partial charge in [-0.3, -0.25) is 0 Å². The summed E-state index contributed by atoms with van der Waals surface area (Å²) in [6, 6.07) is 46.4. The van der Waals surface area contributed by atoms with Gasteiger partial charge in [0.25, 0.3) is 0 Å². The number of ether oxygens (including phenoxy) is 2. The van der Waals surface area contributed by atoms with Crippen molar-refractivity contribution < 1.29 is 87.5 Å². The summed E-state index contributed by atoms with van der Waals surface area (Å²) in [5.41, 5.74) is 5.66. The van der Waals surface area contributed by atoms with Crippen molar-refractivity contribution in [1.82, 2.24) is 4.98 Å². The van der Waals surface area contributed by atoms with Crippen molar-refractivity contribution in [3.63, 3.8) is 0 Å². The van der Waals surface area contributed by atoms with Crippen molar-refractivity contribution >= 4 is 11.8 Å². The third-order valence-corrected chi connectivity index (χ3v) is 7.29. The van der Waals surface area contributed by atoms with E-state index in [1.807, 2.05) is 91.0 Å². The average Bonchev–Trinajstić information content (AvgIpc) is 3.69. The van der Waals surface area contributed by atoms with Gasteiger partial charge in [0.05, 0.1) is 0 Å². The fraction of sp³-hybridized carbons (Fsp3) is 0.114. The van der Waals surface area contributed by atoms with Crippen LogP contribution in [-0.2, 0) is 9.47 Å². The molecule has 7 rings (SSSR count). The van der Waals surface area contributed by atoms with E-state index in [-0.39, 0.29) is 102 Å². The van der Waals surface area contributed by atoms with Gasteiger partial charge < -0.3 is 46.7 Å². The Morgan fingerprint density at radius 2 is 0.705 bits per heavy atom. The van der Waals surface area contributed by atoms with E-state index in [4.69, 9.17) is 24.4 Å². The molecule has 0 bridgehead atoms. The summed E-state index contributed by atoms with van der Waals surface area (Å²) in [6.45, 7) is 0. The Bertz CT molecular complexity index is 1560. The van der Waals surface area contributed by atoms with E-state index >= 15 is 0 Å². The molecule has 4 atom stereocenters. The minimum Gasteiger partial charge on any atom is -1.00 e. The van der Waals surface area contributed by atoms with Crippen molar-refractivity contribution in [3.8, 4) is 0 Å². The molecule has 9 heteroatoms. The van der Waals surface area contributed by atoms with Crippen LogP contribution in [0.15, 0.2) is 150 Å².